The molecule has 0 bridgehead atoms. The summed E-state index contributed by atoms with van der Waals surface area (Å²) in [5, 5.41) is 3.66. The summed E-state index contributed by atoms with van der Waals surface area (Å²) in [7, 11) is 0. The van der Waals surface area contributed by atoms with Crippen molar-refractivity contribution in [2.45, 2.75) is 90.2 Å². The summed E-state index contributed by atoms with van der Waals surface area (Å²) in [6, 6.07) is 0.524. The Balaban J connectivity index is 2.44. The van der Waals surface area contributed by atoms with E-state index >= 15 is 0 Å². The molecule has 0 heterocycles. The molecule has 0 saturated heterocycles. The van der Waals surface area contributed by atoms with E-state index in [9.17, 15) is 0 Å². The zero-order valence-corrected chi connectivity index (χ0v) is 14.4. The molecule has 21 heavy (non-hydrogen) atoms. The number of nitrogens with one attached hydrogen (secondary N) is 1. The van der Waals surface area contributed by atoms with Crippen LogP contribution in [0.15, 0.2) is 0 Å². The van der Waals surface area contributed by atoms with Crippen molar-refractivity contribution in [2.75, 3.05) is 26.4 Å². The van der Waals surface area contributed by atoms with E-state index in [1.165, 1.54) is 64.2 Å². The molecule has 0 aliphatic heterocycles. The topological polar surface area (TPSA) is 30.5 Å². The molecular weight excluding hydrogens is 262 g/mol. The predicted octanol–water partition coefficient (Wildman–Crippen LogP) is 4.30. The van der Waals surface area contributed by atoms with Crippen LogP contribution in [0.2, 0.25) is 0 Å². The Morgan fingerprint density at radius 2 is 1.43 bits per heavy atom. The van der Waals surface area contributed by atoms with E-state index in [-0.39, 0.29) is 0 Å². The van der Waals surface area contributed by atoms with Gasteiger partial charge in [0.25, 0.3) is 0 Å². The Kier molecular flexibility index (Phi) is 12.2. The Morgan fingerprint density at radius 3 is 2.05 bits per heavy atom. The average molecular weight is 299 g/mol. The minimum atomic E-state index is 0.366. The summed E-state index contributed by atoms with van der Waals surface area (Å²) in [6.45, 7) is 7.53. The maximum Gasteiger partial charge on any atom is 0.0729 e. The SMILES string of the molecule is CCNC1CCCCCCCCCCC1OCCOCC. The van der Waals surface area contributed by atoms with Crippen molar-refractivity contribution < 1.29 is 9.47 Å². The first-order valence-electron chi connectivity index (χ1n) is 9.31. The molecule has 3 nitrogen and oxygen atoms in total. The molecule has 2 atom stereocenters. The van der Waals surface area contributed by atoms with Gasteiger partial charge in [-0.1, -0.05) is 58.3 Å². The maximum atomic E-state index is 6.17. The van der Waals surface area contributed by atoms with E-state index in [1.807, 2.05) is 6.92 Å². The zero-order chi connectivity index (χ0) is 15.2. The van der Waals surface area contributed by atoms with Gasteiger partial charge in [0.05, 0.1) is 19.3 Å². The lowest BCUT2D eigenvalue weighted by atomic mass is 9.95. The molecule has 0 aromatic rings. The molecule has 0 aromatic carbocycles. The van der Waals surface area contributed by atoms with Crippen LogP contribution in [0.4, 0.5) is 0 Å². The third-order valence-electron chi connectivity index (χ3n) is 4.43. The Labute approximate surface area is 132 Å². The minimum absolute atomic E-state index is 0.366. The van der Waals surface area contributed by atoms with Crippen LogP contribution < -0.4 is 5.32 Å². The molecule has 0 aromatic heterocycles. The highest BCUT2D eigenvalue weighted by Crippen LogP contribution is 2.19. The molecule has 1 saturated carbocycles. The second kappa shape index (κ2) is 13.5. The van der Waals surface area contributed by atoms with E-state index < -0.39 is 0 Å². The standard InChI is InChI=1S/C18H37NO2/c1-3-19-17-13-11-9-7-5-6-8-10-12-14-18(17)21-16-15-20-4-2/h17-19H,3-16H2,1-2H3. The fourth-order valence-corrected chi connectivity index (χ4v) is 3.26. The molecule has 0 amide bonds. The molecule has 1 aliphatic rings. The van der Waals surface area contributed by atoms with Crippen LogP contribution in [0.1, 0.15) is 78.1 Å². The van der Waals surface area contributed by atoms with E-state index in [0.717, 1.165) is 26.4 Å². The number of hydrogen-bond donors (Lipinski definition) is 1. The van der Waals surface area contributed by atoms with Gasteiger partial charge in [0.2, 0.25) is 0 Å². The van der Waals surface area contributed by atoms with E-state index in [1.54, 1.807) is 0 Å². The largest absolute Gasteiger partial charge is 0.379 e. The lowest BCUT2D eigenvalue weighted by molar-refractivity contribution is -0.0159. The van der Waals surface area contributed by atoms with Crippen LogP contribution in [0.5, 0.6) is 0 Å². The summed E-state index contributed by atoms with van der Waals surface area (Å²) in [5.41, 5.74) is 0. The van der Waals surface area contributed by atoms with Gasteiger partial charge in [0.1, 0.15) is 0 Å². The summed E-state index contributed by atoms with van der Waals surface area (Å²) in [5.74, 6) is 0. The second-order valence-electron chi connectivity index (χ2n) is 6.18. The van der Waals surface area contributed by atoms with Gasteiger partial charge in [-0.15, -0.1) is 0 Å². The van der Waals surface area contributed by atoms with Gasteiger partial charge in [-0.3, -0.25) is 0 Å². The van der Waals surface area contributed by atoms with Crippen LogP contribution in [0.3, 0.4) is 0 Å². The molecule has 0 spiro atoms. The molecular formula is C18H37NO2. The predicted molar refractivity (Wildman–Crippen MR) is 89.9 cm³/mol. The van der Waals surface area contributed by atoms with Gasteiger partial charge in [0, 0.05) is 12.6 Å². The average Bonchev–Trinajstić information content (AvgIpc) is 2.48. The molecule has 1 rings (SSSR count). The van der Waals surface area contributed by atoms with Crippen molar-refractivity contribution in [3.8, 4) is 0 Å². The number of likely N-dealkylation sites (N-methyl/N-ethyl adjacent to an activating group) is 1. The van der Waals surface area contributed by atoms with Crippen molar-refractivity contribution in [2.24, 2.45) is 0 Å². The highest BCUT2D eigenvalue weighted by atomic mass is 16.5. The first-order chi connectivity index (χ1) is 10.4. The van der Waals surface area contributed by atoms with E-state index in [4.69, 9.17) is 9.47 Å². The lowest BCUT2D eigenvalue weighted by Crippen LogP contribution is -2.42. The first-order valence-corrected chi connectivity index (χ1v) is 9.31. The van der Waals surface area contributed by atoms with Crippen molar-refractivity contribution in [1.82, 2.24) is 5.32 Å². The van der Waals surface area contributed by atoms with E-state index in [0.29, 0.717) is 12.1 Å². The Morgan fingerprint density at radius 1 is 0.810 bits per heavy atom. The molecule has 0 radical (unpaired) electrons. The Hall–Kier alpha value is -0.120. The van der Waals surface area contributed by atoms with E-state index in [2.05, 4.69) is 12.2 Å². The Bertz CT molecular complexity index is 221. The fraction of sp³-hybridized carbons (Fsp3) is 1.00. The normalized spacial score (nSPS) is 26.0. The van der Waals surface area contributed by atoms with Gasteiger partial charge >= 0.3 is 0 Å². The van der Waals surface area contributed by atoms with Crippen molar-refractivity contribution >= 4 is 0 Å². The monoisotopic (exact) mass is 299 g/mol. The quantitative estimate of drug-likeness (QED) is 0.711. The van der Waals surface area contributed by atoms with Crippen LogP contribution in [-0.4, -0.2) is 38.5 Å². The second-order valence-corrected chi connectivity index (χ2v) is 6.18. The molecule has 1 N–H and O–H groups in total. The molecule has 2 unspecified atom stereocenters. The number of ether oxygens (including phenoxy) is 2. The lowest BCUT2D eigenvalue weighted by Gasteiger charge is -2.29. The minimum Gasteiger partial charge on any atom is -0.379 e. The van der Waals surface area contributed by atoms with Gasteiger partial charge in [-0.05, 0) is 26.3 Å². The molecule has 1 aliphatic carbocycles. The maximum absolute atomic E-state index is 6.17. The third kappa shape index (κ3) is 9.49. The van der Waals surface area contributed by atoms with Gasteiger partial charge < -0.3 is 14.8 Å². The highest BCUT2D eigenvalue weighted by molar-refractivity contribution is 4.77. The van der Waals surface area contributed by atoms with Crippen molar-refractivity contribution in [1.29, 1.82) is 0 Å². The van der Waals surface area contributed by atoms with Crippen LogP contribution in [-0.2, 0) is 9.47 Å². The summed E-state index contributed by atoms with van der Waals surface area (Å²) >= 11 is 0. The number of hydrogen-bond acceptors (Lipinski definition) is 3. The van der Waals surface area contributed by atoms with Crippen LogP contribution in [0, 0.1) is 0 Å². The third-order valence-corrected chi connectivity index (χ3v) is 4.43. The smallest absolute Gasteiger partial charge is 0.0729 e. The van der Waals surface area contributed by atoms with Crippen molar-refractivity contribution in [3.63, 3.8) is 0 Å². The van der Waals surface area contributed by atoms with Crippen molar-refractivity contribution in [3.05, 3.63) is 0 Å². The highest BCUT2D eigenvalue weighted by Gasteiger charge is 2.21. The van der Waals surface area contributed by atoms with Crippen LogP contribution >= 0.6 is 0 Å². The first kappa shape index (κ1) is 18.9. The van der Waals surface area contributed by atoms with Gasteiger partial charge in [-0.2, -0.15) is 0 Å². The van der Waals surface area contributed by atoms with Crippen LogP contribution in [0.25, 0.3) is 0 Å². The summed E-state index contributed by atoms with van der Waals surface area (Å²) < 4.78 is 11.6. The summed E-state index contributed by atoms with van der Waals surface area (Å²) in [4.78, 5) is 0. The number of rotatable bonds is 7. The molecule has 1 fully saturated rings. The molecule has 3 heteroatoms. The fourth-order valence-electron chi connectivity index (χ4n) is 3.26. The van der Waals surface area contributed by atoms with Gasteiger partial charge in [0.15, 0.2) is 0 Å². The summed E-state index contributed by atoms with van der Waals surface area (Å²) in [6.07, 6.45) is 13.9. The zero-order valence-electron chi connectivity index (χ0n) is 14.4. The molecule has 126 valence electrons. The van der Waals surface area contributed by atoms with Gasteiger partial charge in [-0.25, -0.2) is 0 Å².